The van der Waals surface area contributed by atoms with Gasteiger partial charge in [-0.15, -0.1) is 11.3 Å². The molecule has 8 heteroatoms. The number of carbonyl (C=O) groups is 1. The maximum Gasteiger partial charge on any atom is 0.270 e. The Morgan fingerprint density at radius 3 is 3.10 bits per heavy atom. The maximum absolute atomic E-state index is 11.9. The van der Waals surface area contributed by atoms with Gasteiger partial charge >= 0.3 is 0 Å². The first kappa shape index (κ1) is 14.3. The number of thioether (sulfide) groups is 1. The van der Waals surface area contributed by atoms with E-state index < -0.39 is 4.92 Å². The summed E-state index contributed by atoms with van der Waals surface area (Å²) in [5.41, 5.74) is 0.803. The van der Waals surface area contributed by atoms with Crippen LogP contribution in [0.4, 0.5) is 5.69 Å². The smallest absolute Gasteiger partial charge is 0.270 e. The number of nitro benzene ring substituents is 1. The number of rotatable bonds is 3. The Kier molecular flexibility index (Phi) is 4.07. The van der Waals surface area contributed by atoms with E-state index in [-0.39, 0.29) is 16.8 Å². The average molecular weight is 323 g/mol. The number of hydrogen-bond donors (Lipinski definition) is 1. The van der Waals surface area contributed by atoms with Crippen molar-refractivity contribution in [2.45, 2.75) is 28.9 Å². The third-order valence-electron chi connectivity index (χ3n) is 3.29. The molecular weight excluding hydrogens is 310 g/mol. The van der Waals surface area contributed by atoms with Crippen LogP contribution < -0.4 is 5.32 Å². The van der Waals surface area contributed by atoms with Gasteiger partial charge in [0.15, 0.2) is 4.34 Å². The number of thiazole rings is 1. The minimum atomic E-state index is -0.412. The molecular formula is C13H13N3O3S2. The lowest BCUT2D eigenvalue weighted by Gasteiger charge is -2.09. The lowest BCUT2D eigenvalue weighted by molar-refractivity contribution is -0.384. The Bertz CT molecular complexity index is 701. The number of fused-ring (bicyclic) bond motifs is 1. The highest BCUT2D eigenvalue weighted by Gasteiger charge is 2.23. The summed E-state index contributed by atoms with van der Waals surface area (Å²) >= 11 is 2.85. The van der Waals surface area contributed by atoms with Crippen molar-refractivity contribution < 1.29 is 9.72 Å². The highest BCUT2D eigenvalue weighted by Crippen LogP contribution is 2.35. The zero-order valence-corrected chi connectivity index (χ0v) is 12.7. The van der Waals surface area contributed by atoms with Crippen molar-refractivity contribution in [1.82, 2.24) is 10.3 Å². The predicted octanol–water partition coefficient (Wildman–Crippen LogP) is 2.97. The Morgan fingerprint density at radius 2 is 2.29 bits per heavy atom. The number of nitrogens with one attached hydrogen (secondary N) is 1. The van der Waals surface area contributed by atoms with Crippen molar-refractivity contribution in [1.29, 1.82) is 0 Å². The number of amides is 1. The summed E-state index contributed by atoms with van der Waals surface area (Å²) in [4.78, 5) is 26.8. The fraction of sp³-hybridized carbons (Fsp3) is 0.385. The molecule has 21 heavy (non-hydrogen) atoms. The Balaban J connectivity index is 1.83. The summed E-state index contributed by atoms with van der Waals surface area (Å²) in [5.74, 6) is 0.0581. The van der Waals surface area contributed by atoms with Crippen LogP contribution in [0.15, 0.2) is 22.5 Å². The van der Waals surface area contributed by atoms with E-state index >= 15 is 0 Å². The van der Waals surface area contributed by atoms with E-state index in [2.05, 4.69) is 10.3 Å². The van der Waals surface area contributed by atoms with Crippen LogP contribution in [-0.4, -0.2) is 27.6 Å². The molecule has 1 atom stereocenters. The molecule has 6 nitrogen and oxygen atoms in total. The van der Waals surface area contributed by atoms with Gasteiger partial charge in [-0.3, -0.25) is 14.9 Å². The molecule has 0 saturated carbocycles. The van der Waals surface area contributed by atoms with Crippen LogP contribution in [0.3, 0.4) is 0 Å². The van der Waals surface area contributed by atoms with Crippen LogP contribution in [0.2, 0.25) is 0 Å². The van der Waals surface area contributed by atoms with Gasteiger partial charge in [-0.25, -0.2) is 4.98 Å². The van der Waals surface area contributed by atoms with Crippen LogP contribution in [0.25, 0.3) is 10.2 Å². The van der Waals surface area contributed by atoms with E-state index in [9.17, 15) is 14.9 Å². The fourth-order valence-corrected chi connectivity index (χ4v) is 4.61. The van der Waals surface area contributed by atoms with Gasteiger partial charge in [-0.1, -0.05) is 18.2 Å². The van der Waals surface area contributed by atoms with Crippen LogP contribution in [0.5, 0.6) is 0 Å². The van der Waals surface area contributed by atoms with Crippen molar-refractivity contribution in [3.05, 3.63) is 28.3 Å². The van der Waals surface area contributed by atoms with E-state index in [1.807, 2.05) is 0 Å². The molecule has 1 N–H and O–H groups in total. The average Bonchev–Trinajstić information content (AvgIpc) is 2.75. The Morgan fingerprint density at radius 1 is 1.43 bits per heavy atom. The van der Waals surface area contributed by atoms with Crippen molar-refractivity contribution in [3.8, 4) is 0 Å². The molecule has 0 radical (unpaired) electrons. The van der Waals surface area contributed by atoms with E-state index in [1.54, 1.807) is 6.07 Å². The quantitative estimate of drug-likeness (QED) is 0.693. The van der Waals surface area contributed by atoms with Crippen molar-refractivity contribution in [3.63, 3.8) is 0 Å². The first-order valence-electron chi connectivity index (χ1n) is 6.63. The highest BCUT2D eigenvalue weighted by molar-refractivity contribution is 8.02. The lowest BCUT2D eigenvalue weighted by Crippen LogP contribution is -2.30. The molecule has 0 unspecified atom stereocenters. The van der Waals surface area contributed by atoms with Gasteiger partial charge in [0.1, 0.15) is 0 Å². The molecule has 0 bridgehead atoms. The van der Waals surface area contributed by atoms with Gasteiger partial charge in [-0.2, -0.15) is 0 Å². The third-order valence-corrected chi connectivity index (χ3v) is 5.67. The number of nitrogens with zero attached hydrogens (tertiary/aromatic N) is 2. The number of non-ortho nitro benzene ring substituents is 1. The third kappa shape index (κ3) is 3.16. The summed E-state index contributed by atoms with van der Waals surface area (Å²) < 4.78 is 1.56. The van der Waals surface area contributed by atoms with Gasteiger partial charge in [0.2, 0.25) is 5.91 Å². The molecule has 1 fully saturated rings. The second-order valence-electron chi connectivity index (χ2n) is 4.78. The van der Waals surface area contributed by atoms with Crippen molar-refractivity contribution in [2.75, 3.05) is 6.54 Å². The van der Waals surface area contributed by atoms with E-state index in [4.69, 9.17) is 0 Å². The number of carbonyl (C=O) groups excluding carboxylic acids is 1. The summed E-state index contributed by atoms with van der Waals surface area (Å²) in [6, 6.07) is 4.64. The number of benzene rings is 1. The zero-order valence-electron chi connectivity index (χ0n) is 11.1. The SMILES string of the molecule is O=C1NCCCC[C@H]1Sc1nc2ccc([N+](=O)[O-])cc2s1. The molecule has 2 heterocycles. The molecule has 3 rings (SSSR count). The highest BCUT2D eigenvalue weighted by atomic mass is 32.2. The second-order valence-corrected chi connectivity index (χ2v) is 7.26. The molecule has 1 saturated heterocycles. The van der Waals surface area contributed by atoms with Crippen LogP contribution in [0, 0.1) is 10.1 Å². The first-order valence-corrected chi connectivity index (χ1v) is 8.32. The van der Waals surface area contributed by atoms with Gasteiger partial charge in [-0.05, 0) is 18.9 Å². The first-order chi connectivity index (χ1) is 10.1. The van der Waals surface area contributed by atoms with E-state index in [1.165, 1.54) is 35.2 Å². The summed E-state index contributed by atoms with van der Waals surface area (Å²) in [6.45, 7) is 0.738. The number of aromatic nitrogens is 1. The van der Waals surface area contributed by atoms with Crippen LogP contribution in [-0.2, 0) is 4.79 Å². The zero-order chi connectivity index (χ0) is 14.8. The molecule has 1 aromatic carbocycles. The largest absolute Gasteiger partial charge is 0.355 e. The monoisotopic (exact) mass is 323 g/mol. The minimum absolute atomic E-state index is 0.0581. The predicted molar refractivity (Wildman–Crippen MR) is 82.8 cm³/mol. The molecule has 1 aliphatic rings. The maximum atomic E-state index is 11.9. The number of nitro groups is 1. The molecule has 1 aliphatic heterocycles. The fourth-order valence-electron chi connectivity index (χ4n) is 2.20. The molecule has 0 spiro atoms. The standard InChI is InChI=1S/C13H13N3O3S2/c17-12-10(3-1-2-6-14-12)20-13-15-9-5-4-8(16(18)19)7-11(9)21-13/h4-5,7,10H,1-3,6H2,(H,14,17)/t10-/m1/s1. The second kappa shape index (κ2) is 5.98. The van der Waals surface area contributed by atoms with Gasteiger partial charge in [0.05, 0.1) is 20.4 Å². The summed E-state index contributed by atoms with van der Waals surface area (Å²) in [5, 5.41) is 13.6. The van der Waals surface area contributed by atoms with Crippen LogP contribution in [0.1, 0.15) is 19.3 Å². The molecule has 1 aromatic heterocycles. The Hall–Kier alpha value is -1.67. The summed E-state index contributed by atoms with van der Waals surface area (Å²) in [6.07, 6.45) is 2.87. The Labute approximate surface area is 129 Å². The van der Waals surface area contributed by atoms with Crippen molar-refractivity contribution in [2.24, 2.45) is 0 Å². The topological polar surface area (TPSA) is 85.1 Å². The molecule has 0 aliphatic carbocycles. The van der Waals surface area contributed by atoms with Gasteiger partial charge < -0.3 is 5.32 Å². The minimum Gasteiger partial charge on any atom is -0.355 e. The van der Waals surface area contributed by atoms with Crippen molar-refractivity contribution >= 4 is 44.9 Å². The lowest BCUT2D eigenvalue weighted by atomic mass is 10.2. The van der Waals surface area contributed by atoms with Crippen LogP contribution >= 0.6 is 23.1 Å². The molecule has 110 valence electrons. The molecule has 2 aromatic rings. The normalized spacial score (nSPS) is 19.2. The van der Waals surface area contributed by atoms with E-state index in [0.29, 0.717) is 0 Å². The van der Waals surface area contributed by atoms with E-state index in [0.717, 1.165) is 40.4 Å². The van der Waals surface area contributed by atoms with Gasteiger partial charge in [0, 0.05) is 18.7 Å². The molecule has 1 amide bonds. The number of hydrogen-bond acceptors (Lipinski definition) is 6. The summed E-state index contributed by atoms with van der Waals surface area (Å²) in [7, 11) is 0. The van der Waals surface area contributed by atoms with Gasteiger partial charge in [0.25, 0.3) is 5.69 Å².